The lowest BCUT2D eigenvalue weighted by molar-refractivity contribution is 0.731. The van der Waals surface area contributed by atoms with Crippen LogP contribution in [0.2, 0.25) is 0 Å². The standard InChI is InChI=1S/C8H14N2/c1-10-8-5-3-2-4-7(8)6-9/h6H,2-5,9H2,1H3/b7-6-,10-8?. The van der Waals surface area contributed by atoms with Crippen LogP contribution in [0, 0.1) is 0 Å². The highest BCUT2D eigenvalue weighted by Crippen LogP contribution is 2.19. The van der Waals surface area contributed by atoms with E-state index in [1.54, 1.807) is 6.20 Å². The van der Waals surface area contributed by atoms with Gasteiger partial charge >= 0.3 is 0 Å². The number of nitrogens with two attached hydrogens (primary N) is 1. The fourth-order valence-electron chi connectivity index (χ4n) is 1.35. The average Bonchev–Trinajstić information content (AvgIpc) is 2.04. The molecular weight excluding hydrogens is 124 g/mol. The van der Waals surface area contributed by atoms with Gasteiger partial charge in [-0.25, -0.2) is 0 Å². The van der Waals surface area contributed by atoms with E-state index in [0.717, 1.165) is 12.8 Å². The summed E-state index contributed by atoms with van der Waals surface area (Å²) in [6.07, 6.45) is 6.45. The van der Waals surface area contributed by atoms with Gasteiger partial charge in [0, 0.05) is 12.8 Å². The lowest BCUT2D eigenvalue weighted by Gasteiger charge is -2.14. The lowest BCUT2D eigenvalue weighted by atomic mass is 9.93. The third kappa shape index (κ3) is 1.38. The summed E-state index contributed by atoms with van der Waals surface area (Å²) in [5, 5.41) is 0. The molecule has 2 heteroatoms. The molecule has 1 fully saturated rings. The van der Waals surface area contributed by atoms with Crippen molar-refractivity contribution in [2.45, 2.75) is 25.7 Å². The fraction of sp³-hybridized carbons (Fsp3) is 0.625. The van der Waals surface area contributed by atoms with Crippen LogP contribution in [0.1, 0.15) is 25.7 Å². The Kier molecular flexibility index (Phi) is 2.49. The predicted molar refractivity (Wildman–Crippen MR) is 44.1 cm³/mol. The summed E-state index contributed by atoms with van der Waals surface area (Å²) in [6.45, 7) is 0. The van der Waals surface area contributed by atoms with Crippen LogP contribution in [-0.4, -0.2) is 12.8 Å². The van der Waals surface area contributed by atoms with Crippen molar-refractivity contribution in [3.63, 3.8) is 0 Å². The van der Waals surface area contributed by atoms with E-state index in [0.29, 0.717) is 0 Å². The van der Waals surface area contributed by atoms with E-state index in [-0.39, 0.29) is 0 Å². The molecule has 0 heterocycles. The zero-order valence-electron chi connectivity index (χ0n) is 6.43. The van der Waals surface area contributed by atoms with Gasteiger partial charge in [0.1, 0.15) is 0 Å². The maximum Gasteiger partial charge on any atom is 0.0391 e. The molecule has 0 saturated heterocycles. The van der Waals surface area contributed by atoms with E-state index < -0.39 is 0 Å². The van der Waals surface area contributed by atoms with E-state index in [9.17, 15) is 0 Å². The SMILES string of the molecule is CN=C1CCCC/C1=C/N. The Balaban J connectivity index is 2.69. The highest BCUT2D eigenvalue weighted by Gasteiger charge is 2.10. The molecule has 2 nitrogen and oxygen atoms in total. The van der Waals surface area contributed by atoms with E-state index in [4.69, 9.17) is 5.73 Å². The molecule has 1 aliphatic rings. The van der Waals surface area contributed by atoms with Crippen molar-refractivity contribution in [2.24, 2.45) is 10.7 Å². The average molecular weight is 138 g/mol. The molecule has 1 saturated carbocycles. The molecule has 0 amide bonds. The van der Waals surface area contributed by atoms with Gasteiger partial charge in [0.2, 0.25) is 0 Å². The van der Waals surface area contributed by atoms with Gasteiger partial charge < -0.3 is 5.73 Å². The Morgan fingerprint density at radius 2 is 2.10 bits per heavy atom. The van der Waals surface area contributed by atoms with Gasteiger partial charge in [-0.3, -0.25) is 4.99 Å². The molecule has 2 N–H and O–H groups in total. The molecule has 0 aromatic rings. The number of hydrogen-bond acceptors (Lipinski definition) is 2. The molecule has 56 valence electrons. The van der Waals surface area contributed by atoms with Crippen molar-refractivity contribution in [3.05, 3.63) is 11.8 Å². The van der Waals surface area contributed by atoms with E-state index in [1.165, 1.54) is 24.1 Å². The minimum absolute atomic E-state index is 1.11. The van der Waals surface area contributed by atoms with Crippen LogP contribution < -0.4 is 5.73 Å². The number of aliphatic imine (C=N–C) groups is 1. The third-order valence-electron chi connectivity index (χ3n) is 1.95. The molecule has 0 unspecified atom stereocenters. The Morgan fingerprint density at radius 1 is 1.40 bits per heavy atom. The van der Waals surface area contributed by atoms with E-state index in [2.05, 4.69) is 4.99 Å². The highest BCUT2D eigenvalue weighted by molar-refractivity contribution is 6.00. The maximum atomic E-state index is 5.43. The minimum Gasteiger partial charge on any atom is -0.404 e. The van der Waals surface area contributed by atoms with Crippen molar-refractivity contribution < 1.29 is 0 Å². The second-order valence-electron chi connectivity index (χ2n) is 2.57. The normalized spacial score (nSPS) is 27.7. The summed E-state index contributed by atoms with van der Waals surface area (Å²) in [6, 6.07) is 0. The first-order valence-corrected chi connectivity index (χ1v) is 3.75. The van der Waals surface area contributed by atoms with Crippen LogP contribution in [0.4, 0.5) is 0 Å². The number of nitrogens with zero attached hydrogens (tertiary/aromatic N) is 1. The third-order valence-corrected chi connectivity index (χ3v) is 1.95. The Hall–Kier alpha value is -0.790. The summed E-state index contributed by atoms with van der Waals surface area (Å²) in [5.41, 5.74) is 7.87. The Labute approximate surface area is 61.8 Å². The first-order valence-electron chi connectivity index (χ1n) is 3.75. The van der Waals surface area contributed by atoms with Crippen LogP contribution in [0.5, 0.6) is 0 Å². The zero-order valence-corrected chi connectivity index (χ0v) is 6.43. The molecule has 0 atom stereocenters. The van der Waals surface area contributed by atoms with Gasteiger partial charge in [0.25, 0.3) is 0 Å². The summed E-state index contributed by atoms with van der Waals surface area (Å²) in [7, 11) is 1.84. The van der Waals surface area contributed by atoms with E-state index in [1.807, 2.05) is 7.05 Å². The monoisotopic (exact) mass is 138 g/mol. The fourth-order valence-corrected chi connectivity index (χ4v) is 1.35. The van der Waals surface area contributed by atoms with Gasteiger partial charge in [0.15, 0.2) is 0 Å². The van der Waals surface area contributed by atoms with Crippen LogP contribution in [0.15, 0.2) is 16.8 Å². The number of rotatable bonds is 0. The highest BCUT2D eigenvalue weighted by atomic mass is 14.7. The van der Waals surface area contributed by atoms with Gasteiger partial charge in [0.05, 0.1) is 0 Å². The van der Waals surface area contributed by atoms with Crippen LogP contribution >= 0.6 is 0 Å². The zero-order chi connectivity index (χ0) is 7.40. The van der Waals surface area contributed by atoms with Crippen LogP contribution in [0.25, 0.3) is 0 Å². The molecule has 10 heavy (non-hydrogen) atoms. The van der Waals surface area contributed by atoms with Gasteiger partial charge in [-0.2, -0.15) is 0 Å². The summed E-state index contributed by atoms with van der Waals surface area (Å²) < 4.78 is 0. The quantitative estimate of drug-likeness (QED) is 0.541. The topological polar surface area (TPSA) is 38.4 Å². The molecule has 0 aromatic heterocycles. The first kappa shape index (κ1) is 7.32. The molecule has 1 rings (SSSR count). The van der Waals surface area contributed by atoms with Crippen molar-refractivity contribution in [1.82, 2.24) is 0 Å². The number of hydrogen-bond donors (Lipinski definition) is 1. The van der Waals surface area contributed by atoms with Crippen LogP contribution in [0.3, 0.4) is 0 Å². The summed E-state index contributed by atoms with van der Waals surface area (Å²) in [5.74, 6) is 0. The molecule has 0 spiro atoms. The Bertz CT molecular complexity index is 148. The maximum absolute atomic E-state index is 5.43. The largest absolute Gasteiger partial charge is 0.404 e. The molecular formula is C8H14N2. The minimum atomic E-state index is 1.11. The van der Waals surface area contributed by atoms with Crippen molar-refractivity contribution in [3.8, 4) is 0 Å². The van der Waals surface area contributed by atoms with Crippen LogP contribution in [-0.2, 0) is 0 Å². The lowest BCUT2D eigenvalue weighted by Crippen LogP contribution is -2.10. The van der Waals surface area contributed by atoms with Crippen molar-refractivity contribution in [1.29, 1.82) is 0 Å². The molecule has 0 aliphatic heterocycles. The summed E-state index contributed by atoms with van der Waals surface area (Å²) in [4.78, 5) is 4.17. The molecule has 0 aromatic carbocycles. The second kappa shape index (κ2) is 3.40. The van der Waals surface area contributed by atoms with Gasteiger partial charge in [-0.1, -0.05) is 0 Å². The second-order valence-corrected chi connectivity index (χ2v) is 2.57. The van der Waals surface area contributed by atoms with Crippen molar-refractivity contribution in [2.75, 3.05) is 7.05 Å². The molecule has 0 bridgehead atoms. The summed E-state index contributed by atoms with van der Waals surface area (Å²) >= 11 is 0. The molecule has 0 radical (unpaired) electrons. The predicted octanol–water partition coefficient (Wildman–Crippen LogP) is 1.47. The van der Waals surface area contributed by atoms with Gasteiger partial charge in [-0.15, -0.1) is 0 Å². The van der Waals surface area contributed by atoms with Crippen molar-refractivity contribution >= 4 is 5.71 Å². The molecule has 1 aliphatic carbocycles. The Morgan fingerprint density at radius 3 is 2.60 bits per heavy atom. The van der Waals surface area contributed by atoms with E-state index >= 15 is 0 Å². The van der Waals surface area contributed by atoms with Gasteiger partial charge in [-0.05, 0) is 37.5 Å². The first-order chi connectivity index (χ1) is 4.88. The smallest absolute Gasteiger partial charge is 0.0391 e. The number of allylic oxidation sites excluding steroid dienone is 1.